The molecule has 2 aromatic heterocycles. The van der Waals surface area contributed by atoms with Crippen molar-refractivity contribution in [3.05, 3.63) is 41.5 Å². The quantitative estimate of drug-likeness (QED) is 0.359. The lowest BCUT2D eigenvalue weighted by molar-refractivity contribution is -0.193. The van der Waals surface area contributed by atoms with Gasteiger partial charge in [0.25, 0.3) is 0 Å². The predicted octanol–water partition coefficient (Wildman–Crippen LogP) is 2.64. The van der Waals surface area contributed by atoms with Gasteiger partial charge in [-0.25, -0.2) is 14.3 Å². The number of rotatable bonds is 8. The molecule has 2 aromatic rings. The van der Waals surface area contributed by atoms with Crippen molar-refractivity contribution in [3.8, 4) is 0 Å². The Balaban J connectivity index is 0.000000449. The first-order chi connectivity index (χ1) is 18.1. The highest BCUT2D eigenvalue weighted by Crippen LogP contribution is 2.28. The first kappa shape index (κ1) is 33.7. The lowest BCUT2D eigenvalue weighted by Crippen LogP contribution is -2.36. The minimum atomic E-state index is -5.08. The lowest BCUT2D eigenvalue weighted by atomic mass is 9.98. The van der Waals surface area contributed by atoms with Gasteiger partial charge in [-0.3, -0.25) is 9.88 Å². The van der Waals surface area contributed by atoms with E-state index in [9.17, 15) is 26.3 Å². The van der Waals surface area contributed by atoms with Gasteiger partial charge in [0.15, 0.2) is 0 Å². The van der Waals surface area contributed by atoms with Crippen LogP contribution in [0, 0.1) is 0 Å². The van der Waals surface area contributed by atoms with Gasteiger partial charge in [0.1, 0.15) is 5.69 Å². The van der Waals surface area contributed by atoms with Crippen molar-refractivity contribution in [1.82, 2.24) is 29.8 Å². The predicted molar refractivity (Wildman–Crippen MR) is 124 cm³/mol. The Morgan fingerprint density at radius 3 is 2.15 bits per heavy atom. The van der Waals surface area contributed by atoms with Gasteiger partial charge < -0.3 is 19.8 Å². The molecule has 0 aliphatic carbocycles. The van der Waals surface area contributed by atoms with Gasteiger partial charge in [-0.1, -0.05) is 11.3 Å². The number of alkyl halides is 6. The van der Waals surface area contributed by atoms with Gasteiger partial charge in [-0.05, 0) is 33.2 Å². The first-order valence-corrected chi connectivity index (χ1v) is 11.4. The summed E-state index contributed by atoms with van der Waals surface area (Å²) in [5, 5.41) is 23.0. The third-order valence-corrected chi connectivity index (χ3v) is 4.98. The highest BCUT2D eigenvalue weighted by atomic mass is 19.4. The molecule has 0 bridgehead atoms. The molecular formula is C22H30F6N6O5. The summed E-state index contributed by atoms with van der Waals surface area (Å²) in [7, 11) is 4.12. The molecule has 3 rings (SSSR count). The maximum absolute atomic E-state index is 10.6. The summed E-state index contributed by atoms with van der Waals surface area (Å²) in [4.78, 5) is 26.8. The summed E-state index contributed by atoms with van der Waals surface area (Å²) >= 11 is 0. The minimum absolute atomic E-state index is 0.296. The van der Waals surface area contributed by atoms with Gasteiger partial charge in [0, 0.05) is 44.8 Å². The van der Waals surface area contributed by atoms with E-state index in [2.05, 4.69) is 52.2 Å². The molecule has 1 atom stereocenters. The number of halogens is 6. The van der Waals surface area contributed by atoms with E-state index in [-0.39, 0.29) is 0 Å². The van der Waals surface area contributed by atoms with Crippen LogP contribution in [0.15, 0.2) is 24.4 Å². The molecule has 0 fully saturated rings. The van der Waals surface area contributed by atoms with Crippen LogP contribution >= 0.6 is 0 Å². The van der Waals surface area contributed by atoms with Crippen LogP contribution in [-0.4, -0.2) is 105 Å². The van der Waals surface area contributed by atoms with E-state index in [1.54, 1.807) is 0 Å². The summed E-state index contributed by atoms with van der Waals surface area (Å²) in [6.45, 7) is 7.92. The third kappa shape index (κ3) is 12.4. The number of ether oxygens (including phenoxy) is 1. The van der Waals surface area contributed by atoms with Gasteiger partial charge in [0.2, 0.25) is 0 Å². The van der Waals surface area contributed by atoms with Crippen molar-refractivity contribution in [3.63, 3.8) is 0 Å². The second-order valence-electron chi connectivity index (χ2n) is 8.41. The smallest absolute Gasteiger partial charge is 0.475 e. The number of hydrogen-bond acceptors (Lipinski definition) is 8. The molecule has 0 radical (unpaired) electrons. The normalized spacial score (nSPS) is 15.5. The largest absolute Gasteiger partial charge is 0.490 e. The molecule has 0 saturated carbocycles. The van der Waals surface area contributed by atoms with Crippen molar-refractivity contribution < 1.29 is 50.9 Å². The van der Waals surface area contributed by atoms with E-state index in [4.69, 9.17) is 24.5 Å². The van der Waals surface area contributed by atoms with Crippen LogP contribution in [0.3, 0.4) is 0 Å². The maximum Gasteiger partial charge on any atom is 0.490 e. The van der Waals surface area contributed by atoms with E-state index in [0.717, 1.165) is 50.7 Å². The standard InChI is InChI=1S/C18H28N6O.2C2HF3O2/c1-4-24-18-15(14-25-10-9-22(2)3)11-23(13-17(18)20-21-24)12-16-7-5-6-8-19-16;2*3-2(4,5)1(6)7/h5-8,15H,4,9-14H2,1-3H3;2*(H,6,7). The average Bonchev–Trinajstić information content (AvgIpc) is 3.25. The number of nitrogens with zero attached hydrogens (tertiary/aromatic N) is 6. The molecule has 1 aliphatic rings. The topological polar surface area (TPSA) is 134 Å². The van der Waals surface area contributed by atoms with Crippen LogP contribution in [0.1, 0.15) is 29.9 Å². The third-order valence-electron chi connectivity index (χ3n) is 4.98. The Morgan fingerprint density at radius 2 is 1.69 bits per heavy atom. The van der Waals surface area contributed by atoms with Crippen LogP contribution < -0.4 is 0 Å². The number of aliphatic carboxylic acids is 2. The number of carbonyl (C=O) groups is 2. The Hall–Kier alpha value is -3.31. The molecule has 0 spiro atoms. The summed E-state index contributed by atoms with van der Waals surface area (Å²) in [5.74, 6) is -5.22. The number of carboxylic acids is 2. The van der Waals surface area contributed by atoms with Crippen molar-refractivity contribution in [2.75, 3.05) is 40.4 Å². The number of likely N-dealkylation sites (N-methyl/N-ethyl adjacent to an activating group) is 1. The molecular weight excluding hydrogens is 542 g/mol. The lowest BCUT2D eigenvalue weighted by Gasteiger charge is -2.32. The highest BCUT2D eigenvalue weighted by molar-refractivity contribution is 5.73. The minimum Gasteiger partial charge on any atom is -0.475 e. The second-order valence-corrected chi connectivity index (χ2v) is 8.41. The Bertz CT molecular complexity index is 1010. The van der Waals surface area contributed by atoms with E-state index < -0.39 is 24.3 Å². The fourth-order valence-corrected chi connectivity index (χ4v) is 3.27. The van der Waals surface area contributed by atoms with Crippen LogP contribution in [0.2, 0.25) is 0 Å². The fraction of sp³-hybridized carbons (Fsp3) is 0.591. The van der Waals surface area contributed by atoms with E-state index >= 15 is 0 Å². The van der Waals surface area contributed by atoms with E-state index in [1.165, 1.54) is 5.69 Å². The van der Waals surface area contributed by atoms with Crippen LogP contribution in [0.4, 0.5) is 26.3 Å². The summed E-state index contributed by atoms with van der Waals surface area (Å²) < 4.78 is 71.4. The van der Waals surface area contributed by atoms with Crippen molar-refractivity contribution in [1.29, 1.82) is 0 Å². The van der Waals surface area contributed by atoms with Gasteiger partial charge in [-0.15, -0.1) is 5.10 Å². The average molecular weight is 573 g/mol. The van der Waals surface area contributed by atoms with Crippen molar-refractivity contribution in [2.24, 2.45) is 0 Å². The highest BCUT2D eigenvalue weighted by Gasteiger charge is 2.39. The molecule has 39 heavy (non-hydrogen) atoms. The molecule has 1 unspecified atom stereocenters. The maximum atomic E-state index is 10.6. The molecule has 0 aromatic carbocycles. The molecule has 2 N–H and O–H groups in total. The number of fused-ring (bicyclic) bond motifs is 1. The first-order valence-electron chi connectivity index (χ1n) is 11.4. The van der Waals surface area contributed by atoms with E-state index in [1.807, 2.05) is 23.0 Å². The van der Waals surface area contributed by atoms with Crippen molar-refractivity contribution >= 4 is 11.9 Å². The zero-order valence-electron chi connectivity index (χ0n) is 21.4. The van der Waals surface area contributed by atoms with Crippen LogP contribution in [0.5, 0.6) is 0 Å². The number of pyridine rings is 1. The number of hydrogen-bond donors (Lipinski definition) is 2. The second kappa shape index (κ2) is 15.3. The molecule has 1 aliphatic heterocycles. The van der Waals surface area contributed by atoms with E-state index in [0.29, 0.717) is 12.5 Å². The van der Waals surface area contributed by atoms with Gasteiger partial charge in [0.05, 0.1) is 24.6 Å². The Labute approximate surface area is 220 Å². The van der Waals surface area contributed by atoms with Crippen molar-refractivity contribution in [2.45, 2.75) is 44.8 Å². The molecule has 220 valence electrons. The fourth-order valence-electron chi connectivity index (χ4n) is 3.27. The zero-order valence-corrected chi connectivity index (χ0v) is 21.4. The summed E-state index contributed by atoms with van der Waals surface area (Å²) in [6, 6.07) is 6.06. The number of aromatic nitrogens is 4. The molecule has 0 saturated heterocycles. The molecule has 0 amide bonds. The number of aryl methyl sites for hydroxylation is 1. The zero-order chi connectivity index (χ0) is 29.8. The monoisotopic (exact) mass is 572 g/mol. The summed E-state index contributed by atoms with van der Waals surface area (Å²) in [5.41, 5.74) is 3.40. The molecule has 17 heteroatoms. The SMILES string of the molecule is CCn1nnc2c1C(COCCN(C)C)CN(Cc1ccccn1)C2.O=C(O)C(F)(F)F.O=C(O)C(F)(F)F. The van der Waals surface area contributed by atoms with Gasteiger partial charge in [-0.2, -0.15) is 26.3 Å². The summed E-state index contributed by atoms with van der Waals surface area (Å²) in [6.07, 6.45) is -8.32. The van der Waals surface area contributed by atoms with Crippen LogP contribution in [0.25, 0.3) is 0 Å². The molecule has 11 nitrogen and oxygen atoms in total. The van der Waals surface area contributed by atoms with Crippen LogP contribution in [-0.2, 0) is 34.0 Å². The Kier molecular flexibility index (Phi) is 13.2. The number of carboxylic acid groups (broad SMARTS) is 2. The molecule has 3 heterocycles. The van der Waals surface area contributed by atoms with Gasteiger partial charge >= 0.3 is 24.3 Å². The Morgan fingerprint density at radius 1 is 1.10 bits per heavy atom.